The van der Waals surface area contributed by atoms with Crippen LogP contribution in [0.1, 0.15) is 48.2 Å². The van der Waals surface area contributed by atoms with Crippen LogP contribution < -0.4 is 5.32 Å². The lowest BCUT2D eigenvalue weighted by molar-refractivity contribution is 0.0755. The van der Waals surface area contributed by atoms with Crippen LogP contribution in [0.15, 0.2) is 71.6 Å². The molecule has 3 rings (SSSR count). The van der Waals surface area contributed by atoms with E-state index in [9.17, 15) is 27.1 Å². The van der Waals surface area contributed by atoms with Gasteiger partial charge in [-0.05, 0) is 95.4 Å². The second-order valence-electron chi connectivity index (χ2n) is 10.1. The summed E-state index contributed by atoms with van der Waals surface area (Å²) in [7, 11) is -4.19. The Labute approximate surface area is 261 Å². The number of halogens is 3. The first-order valence-electron chi connectivity index (χ1n) is 14.0. The lowest BCUT2D eigenvalue weighted by Gasteiger charge is -2.26. The van der Waals surface area contributed by atoms with Crippen LogP contribution in [0.25, 0.3) is 0 Å². The first-order valence-corrected chi connectivity index (χ1v) is 16.5. The highest BCUT2D eigenvalue weighted by molar-refractivity contribution is 14.1. The van der Waals surface area contributed by atoms with Crippen molar-refractivity contribution < 1.29 is 27.1 Å². The third kappa shape index (κ3) is 10.1. The summed E-state index contributed by atoms with van der Waals surface area (Å²) >= 11 is 2.22. The maximum absolute atomic E-state index is 13.9. The molecule has 42 heavy (non-hydrogen) atoms. The number of aliphatic hydroxyl groups is 1. The topological polar surface area (TPSA) is 90.0 Å². The Morgan fingerprint density at radius 2 is 1.60 bits per heavy atom. The molecule has 1 amide bonds. The van der Waals surface area contributed by atoms with E-state index >= 15 is 0 Å². The van der Waals surface area contributed by atoms with Crippen LogP contribution >= 0.6 is 22.6 Å². The highest BCUT2D eigenvalue weighted by atomic mass is 127. The predicted molar refractivity (Wildman–Crippen MR) is 169 cm³/mol. The number of carbonyl (C=O) groups is 1. The van der Waals surface area contributed by atoms with Crippen molar-refractivity contribution in [1.82, 2.24) is 14.5 Å². The van der Waals surface area contributed by atoms with E-state index < -0.39 is 27.8 Å². The third-order valence-electron chi connectivity index (χ3n) is 6.58. The SMILES string of the molecule is CCCN(CCC)C(=O)c1cccc(S(=O)(=O)N(CCc2cc(F)cc(F)c2)CC(O)CNCc2cccc(I)c2)c1. The van der Waals surface area contributed by atoms with Gasteiger partial charge >= 0.3 is 0 Å². The van der Waals surface area contributed by atoms with Gasteiger partial charge in [0.2, 0.25) is 10.0 Å². The molecule has 0 saturated carbocycles. The summed E-state index contributed by atoms with van der Waals surface area (Å²) in [6.45, 7) is 5.28. The normalized spacial score (nSPS) is 12.5. The molecule has 0 heterocycles. The number of amides is 1. The first kappa shape index (κ1) is 34.0. The van der Waals surface area contributed by atoms with Gasteiger partial charge in [-0.15, -0.1) is 0 Å². The first-order chi connectivity index (χ1) is 20.0. The van der Waals surface area contributed by atoms with Crippen molar-refractivity contribution in [3.63, 3.8) is 0 Å². The second-order valence-corrected chi connectivity index (χ2v) is 13.3. The van der Waals surface area contributed by atoms with Crippen molar-refractivity contribution in [2.75, 3.05) is 32.7 Å². The lowest BCUT2D eigenvalue weighted by Crippen LogP contribution is -2.42. The number of sulfonamides is 1. The van der Waals surface area contributed by atoms with E-state index in [1.54, 1.807) is 11.0 Å². The number of hydrogen-bond acceptors (Lipinski definition) is 5. The van der Waals surface area contributed by atoms with E-state index in [2.05, 4.69) is 27.9 Å². The van der Waals surface area contributed by atoms with Crippen molar-refractivity contribution in [3.8, 4) is 0 Å². The molecule has 0 bridgehead atoms. The fraction of sp³-hybridized carbons (Fsp3) is 0.387. The summed E-state index contributed by atoms with van der Waals surface area (Å²) in [6, 6.07) is 16.8. The van der Waals surface area contributed by atoms with Crippen molar-refractivity contribution in [2.24, 2.45) is 0 Å². The molecule has 0 radical (unpaired) electrons. The molecule has 0 aliphatic rings. The standard InChI is InChI=1S/C31H38F2IN3O4S/c1-3-12-36(13-4-2)31(39)25-8-6-10-30(18-25)42(40,41)37(14-11-23-15-26(32)19-27(33)16-23)22-29(38)21-35-20-24-7-5-9-28(34)17-24/h5-10,15-19,29,35,38H,3-4,11-14,20-22H2,1-2H3. The van der Waals surface area contributed by atoms with Gasteiger partial charge < -0.3 is 15.3 Å². The fourth-order valence-corrected chi connectivity index (χ4v) is 6.76. The van der Waals surface area contributed by atoms with Crippen molar-refractivity contribution >= 4 is 38.5 Å². The van der Waals surface area contributed by atoms with Crippen LogP contribution in [0, 0.1) is 15.2 Å². The van der Waals surface area contributed by atoms with E-state index in [0.29, 0.717) is 19.6 Å². The second kappa shape index (κ2) is 16.4. The van der Waals surface area contributed by atoms with Crippen LogP contribution in [0.2, 0.25) is 0 Å². The summed E-state index contributed by atoms with van der Waals surface area (Å²) in [5.74, 6) is -1.76. The van der Waals surface area contributed by atoms with Gasteiger partial charge in [0.1, 0.15) is 11.6 Å². The molecule has 1 unspecified atom stereocenters. The fourth-order valence-electron chi connectivity index (χ4n) is 4.62. The van der Waals surface area contributed by atoms with Crippen LogP contribution in [-0.4, -0.2) is 67.5 Å². The van der Waals surface area contributed by atoms with Gasteiger partial charge in [0, 0.05) is 54.5 Å². The molecule has 7 nitrogen and oxygen atoms in total. The average molecular weight is 714 g/mol. The number of benzene rings is 3. The Morgan fingerprint density at radius 1 is 0.929 bits per heavy atom. The van der Waals surface area contributed by atoms with E-state index in [1.807, 2.05) is 38.1 Å². The summed E-state index contributed by atoms with van der Waals surface area (Å²) in [4.78, 5) is 14.8. The Bertz CT molecular complexity index is 1410. The summed E-state index contributed by atoms with van der Waals surface area (Å²) in [6.07, 6.45) is 0.498. The smallest absolute Gasteiger partial charge is 0.253 e. The summed E-state index contributed by atoms with van der Waals surface area (Å²) in [5.41, 5.74) is 1.57. The zero-order chi connectivity index (χ0) is 30.7. The largest absolute Gasteiger partial charge is 0.390 e. The molecule has 228 valence electrons. The molecule has 0 aromatic heterocycles. The predicted octanol–water partition coefficient (Wildman–Crippen LogP) is 5.22. The van der Waals surface area contributed by atoms with Gasteiger partial charge in [0.25, 0.3) is 5.91 Å². The summed E-state index contributed by atoms with van der Waals surface area (Å²) in [5, 5.41) is 14.0. The van der Waals surface area contributed by atoms with Crippen LogP contribution in [-0.2, 0) is 23.0 Å². The van der Waals surface area contributed by atoms with Gasteiger partial charge in [0.05, 0.1) is 11.0 Å². The molecule has 3 aromatic carbocycles. The van der Waals surface area contributed by atoms with Crippen molar-refractivity contribution in [2.45, 2.75) is 50.7 Å². The van der Waals surface area contributed by atoms with E-state index in [0.717, 1.165) is 44.5 Å². The molecule has 11 heteroatoms. The molecule has 1 atom stereocenters. The molecular formula is C31H38F2IN3O4S. The Hall–Kier alpha value is -2.45. The van der Waals surface area contributed by atoms with E-state index in [-0.39, 0.29) is 48.0 Å². The highest BCUT2D eigenvalue weighted by Crippen LogP contribution is 2.20. The number of rotatable bonds is 16. The van der Waals surface area contributed by atoms with Crippen LogP contribution in [0.4, 0.5) is 8.78 Å². The summed E-state index contributed by atoms with van der Waals surface area (Å²) < 4.78 is 57.5. The third-order valence-corrected chi connectivity index (χ3v) is 9.11. The molecule has 0 saturated heterocycles. The van der Waals surface area contributed by atoms with Crippen LogP contribution in [0.3, 0.4) is 0 Å². The Morgan fingerprint density at radius 3 is 2.24 bits per heavy atom. The minimum atomic E-state index is -4.19. The average Bonchev–Trinajstić information content (AvgIpc) is 2.94. The lowest BCUT2D eigenvalue weighted by atomic mass is 10.1. The quantitative estimate of drug-likeness (QED) is 0.199. The Kier molecular flexibility index (Phi) is 13.3. The number of aliphatic hydroxyl groups excluding tert-OH is 1. The van der Waals surface area contributed by atoms with E-state index in [4.69, 9.17) is 0 Å². The molecule has 0 spiro atoms. The van der Waals surface area contributed by atoms with Gasteiger partial charge in [-0.1, -0.05) is 32.0 Å². The zero-order valence-electron chi connectivity index (χ0n) is 23.9. The molecule has 2 N–H and O–H groups in total. The maximum atomic E-state index is 13.9. The molecule has 0 fully saturated rings. The number of nitrogens with one attached hydrogen (secondary N) is 1. The molecule has 0 aliphatic heterocycles. The number of nitrogens with zero attached hydrogens (tertiary/aromatic N) is 2. The van der Waals surface area contributed by atoms with E-state index in [1.165, 1.54) is 18.2 Å². The van der Waals surface area contributed by atoms with Crippen molar-refractivity contribution in [1.29, 1.82) is 0 Å². The van der Waals surface area contributed by atoms with Crippen LogP contribution in [0.5, 0.6) is 0 Å². The molecule has 0 aliphatic carbocycles. The van der Waals surface area contributed by atoms with Gasteiger partial charge in [-0.3, -0.25) is 4.79 Å². The number of carbonyl (C=O) groups excluding carboxylic acids is 1. The minimum Gasteiger partial charge on any atom is -0.390 e. The zero-order valence-corrected chi connectivity index (χ0v) is 26.9. The van der Waals surface area contributed by atoms with Gasteiger partial charge in [0.15, 0.2) is 0 Å². The van der Waals surface area contributed by atoms with Gasteiger partial charge in [-0.2, -0.15) is 4.31 Å². The minimum absolute atomic E-state index is 0.0237. The van der Waals surface area contributed by atoms with Gasteiger partial charge in [-0.25, -0.2) is 17.2 Å². The van der Waals surface area contributed by atoms with Crippen molar-refractivity contribution in [3.05, 3.63) is 98.6 Å². The monoisotopic (exact) mass is 713 g/mol. The number of hydrogen-bond donors (Lipinski definition) is 2. The maximum Gasteiger partial charge on any atom is 0.253 e. The molecular weight excluding hydrogens is 675 g/mol. The Balaban J connectivity index is 1.82. The highest BCUT2D eigenvalue weighted by Gasteiger charge is 2.28. The molecule has 3 aromatic rings.